The first kappa shape index (κ1) is 21.8. The molecule has 0 bridgehead atoms. The number of hydrogen-bond donors (Lipinski definition) is 0. The van der Waals surface area contributed by atoms with Gasteiger partial charge in [0.15, 0.2) is 6.04 Å². The standard InChI is InChI=1S/C20H21N3O6.H2S/c1-2-29-20(28)15-8-5-11-21-16(24)10-9-14(19(27)23(15)21)22-17(25)12-6-3-4-7-13(12)18(22)26;/h3-4,6-7,14-15H,2,5,8-11H2,1H3;1H2/t14-,15?;/m0./s1. The molecule has 0 radical (unpaired) electrons. The number of imide groups is 1. The molecular formula is C20H23N3O6S. The molecule has 0 spiro atoms. The Hall–Kier alpha value is -2.88. The van der Waals surface area contributed by atoms with Crippen LogP contribution in [0.4, 0.5) is 0 Å². The Morgan fingerprint density at radius 1 is 1.07 bits per heavy atom. The minimum atomic E-state index is -1.15. The van der Waals surface area contributed by atoms with Crippen molar-refractivity contribution < 1.29 is 28.7 Å². The molecule has 3 aliphatic heterocycles. The highest BCUT2D eigenvalue weighted by Gasteiger charge is 2.50. The van der Waals surface area contributed by atoms with Gasteiger partial charge < -0.3 is 4.74 Å². The van der Waals surface area contributed by atoms with Crippen LogP contribution >= 0.6 is 13.5 Å². The van der Waals surface area contributed by atoms with Crippen LogP contribution in [0.2, 0.25) is 0 Å². The van der Waals surface area contributed by atoms with Crippen molar-refractivity contribution in [2.24, 2.45) is 0 Å². The fraction of sp³-hybridized carbons (Fsp3) is 0.450. The van der Waals surface area contributed by atoms with Gasteiger partial charge in [0, 0.05) is 13.0 Å². The van der Waals surface area contributed by atoms with Crippen molar-refractivity contribution in [1.82, 2.24) is 14.9 Å². The summed E-state index contributed by atoms with van der Waals surface area (Å²) >= 11 is 0. The van der Waals surface area contributed by atoms with Crippen LogP contribution in [0, 0.1) is 0 Å². The quantitative estimate of drug-likeness (QED) is 0.517. The molecule has 1 aromatic carbocycles. The Morgan fingerprint density at radius 2 is 1.70 bits per heavy atom. The lowest BCUT2D eigenvalue weighted by Crippen LogP contribution is -2.62. The topological polar surface area (TPSA) is 104 Å². The van der Waals surface area contributed by atoms with E-state index >= 15 is 0 Å². The van der Waals surface area contributed by atoms with E-state index in [1.165, 1.54) is 17.1 Å². The number of rotatable bonds is 3. The highest BCUT2D eigenvalue weighted by molar-refractivity contribution is 7.59. The van der Waals surface area contributed by atoms with Crippen molar-refractivity contribution in [3.63, 3.8) is 0 Å². The molecular weight excluding hydrogens is 410 g/mol. The zero-order chi connectivity index (χ0) is 20.7. The molecule has 2 fully saturated rings. The van der Waals surface area contributed by atoms with Gasteiger partial charge in [-0.05, 0) is 38.3 Å². The van der Waals surface area contributed by atoms with Gasteiger partial charge in [0.25, 0.3) is 17.7 Å². The summed E-state index contributed by atoms with van der Waals surface area (Å²) in [6, 6.07) is 4.28. The second-order valence-corrected chi connectivity index (χ2v) is 7.19. The summed E-state index contributed by atoms with van der Waals surface area (Å²) in [4.78, 5) is 65.2. The van der Waals surface area contributed by atoms with Crippen molar-refractivity contribution in [3.05, 3.63) is 35.4 Å². The SMILES string of the molecule is CCOC(=O)C1CCCN2C(=O)CC[C@H](N3C(=O)c4ccccc4C3=O)C(=O)N12.S. The van der Waals surface area contributed by atoms with E-state index in [4.69, 9.17) is 4.74 Å². The van der Waals surface area contributed by atoms with Gasteiger partial charge in [-0.25, -0.2) is 9.80 Å². The third-order valence-electron chi connectivity index (χ3n) is 5.53. The van der Waals surface area contributed by atoms with Crippen molar-refractivity contribution >= 4 is 43.1 Å². The molecule has 9 nitrogen and oxygen atoms in total. The van der Waals surface area contributed by atoms with Gasteiger partial charge in [-0.3, -0.25) is 29.1 Å². The van der Waals surface area contributed by atoms with Gasteiger partial charge in [0.05, 0.1) is 17.7 Å². The Balaban J connectivity index is 0.00000256. The number of fused-ring (bicyclic) bond motifs is 2. The molecule has 3 heterocycles. The lowest BCUT2D eigenvalue weighted by molar-refractivity contribution is -0.183. The number of carbonyl (C=O) groups excluding carboxylic acids is 5. The highest BCUT2D eigenvalue weighted by Crippen LogP contribution is 2.31. The highest BCUT2D eigenvalue weighted by atomic mass is 32.1. The van der Waals surface area contributed by atoms with E-state index in [1.54, 1.807) is 19.1 Å². The summed E-state index contributed by atoms with van der Waals surface area (Å²) in [6.07, 6.45) is 0.918. The molecule has 1 unspecified atom stereocenters. The summed E-state index contributed by atoms with van der Waals surface area (Å²) < 4.78 is 5.09. The minimum absolute atomic E-state index is 0. The van der Waals surface area contributed by atoms with Gasteiger partial charge in [-0.2, -0.15) is 13.5 Å². The van der Waals surface area contributed by atoms with Crippen LogP contribution in [-0.4, -0.2) is 69.8 Å². The van der Waals surface area contributed by atoms with E-state index < -0.39 is 35.8 Å². The summed E-state index contributed by atoms with van der Waals surface area (Å²) in [5, 5.41) is 2.39. The number of hydrazine groups is 1. The van der Waals surface area contributed by atoms with E-state index in [9.17, 15) is 24.0 Å². The maximum absolute atomic E-state index is 13.5. The molecule has 3 aliphatic rings. The van der Waals surface area contributed by atoms with Gasteiger partial charge in [0.2, 0.25) is 5.91 Å². The molecule has 0 N–H and O–H groups in total. The number of amides is 4. The Kier molecular flexibility index (Phi) is 6.16. The molecule has 4 amide bonds. The van der Waals surface area contributed by atoms with Crippen LogP contribution in [-0.2, 0) is 19.1 Å². The smallest absolute Gasteiger partial charge is 0.330 e. The average molecular weight is 433 g/mol. The largest absolute Gasteiger partial charge is 0.464 e. The van der Waals surface area contributed by atoms with Crippen LogP contribution < -0.4 is 0 Å². The number of ether oxygens (including phenoxy) is 1. The maximum Gasteiger partial charge on any atom is 0.330 e. The molecule has 0 aliphatic carbocycles. The normalized spacial score (nSPS) is 23.6. The lowest BCUT2D eigenvalue weighted by atomic mass is 10.1. The molecule has 0 aromatic heterocycles. The van der Waals surface area contributed by atoms with Crippen molar-refractivity contribution in [2.75, 3.05) is 13.2 Å². The zero-order valence-corrected chi connectivity index (χ0v) is 17.5. The van der Waals surface area contributed by atoms with Crippen LogP contribution in [0.1, 0.15) is 53.3 Å². The van der Waals surface area contributed by atoms with Crippen LogP contribution in [0.25, 0.3) is 0 Å². The van der Waals surface area contributed by atoms with Crippen LogP contribution in [0.15, 0.2) is 24.3 Å². The monoisotopic (exact) mass is 433 g/mol. The van der Waals surface area contributed by atoms with Crippen LogP contribution in [0.5, 0.6) is 0 Å². The molecule has 2 atom stereocenters. The second-order valence-electron chi connectivity index (χ2n) is 7.19. The molecule has 30 heavy (non-hydrogen) atoms. The maximum atomic E-state index is 13.5. The summed E-state index contributed by atoms with van der Waals surface area (Å²) in [7, 11) is 0. The van der Waals surface area contributed by atoms with Gasteiger partial charge in [0.1, 0.15) is 6.04 Å². The van der Waals surface area contributed by atoms with Crippen molar-refractivity contribution in [2.45, 2.75) is 44.7 Å². The predicted molar refractivity (Wildman–Crippen MR) is 109 cm³/mol. The van der Waals surface area contributed by atoms with Gasteiger partial charge >= 0.3 is 5.97 Å². The van der Waals surface area contributed by atoms with E-state index in [0.717, 1.165) is 9.91 Å². The summed E-state index contributed by atoms with van der Waals surface area (Å²) in [5.41, 5.74) is 0.469. The number of nitrogens with zero attached hydrogens (tertiary/aromatic N) is 3. The second kappa shape index (κ2) is 8.47. The first-order chi connectivity index (χ1) is 14.0. The third kappa shape index (κ3) is 3.34. The van der Waals surface area contributed by atoms with E-state index in [0.29, 0.717) is 19.4 Å². The Labute approximate surface area is 180 Å². The first-order valence-electron chi connectivity index (χ1n) is 9.72. The third-order valence-corrected chi connectivity index (χ3v) is 5.53. The summed E-state index contributed by atoms with van der Waals surface area (Å²) in [6.45, 7) is 2.11. The summed E-state index contributed by atoms with van der Waals surface area (Å²) in [5.74, 6) is -2.64. The van der Waals surface area contributed by atoms with E-state index in [2.05, 4.69) is 0 Å². The van der Waals surface area contributed by atoms with E-state index in [-0.39, 0.29) is 50.0 Å². The van der Waals surface area contributed by atoms with Gasteiger partial charge in [-0.1, -0.05) is 12.1 Å². The molecule has 10 heteroatoms. The number of esters is 1. The van der Waals surface area contributed by atoms with Crippen molar-refractivity contribution in [3.8, 4) is 0 Å². The molecule has 0 saturated carbocycles. The number of hydrogen-bond acceptors (Lipinski definition) is 6. The number of benzene rings is 1. The molecule has 4 rings (SSSR count). The number of carbonyl (C=O) groups is 5. The molecule has 2 saturated heterocycles. The predicted octanol–water partition coefficient (Wildman–Crippen LogP) is 0.855. The minimum Gasteiger partial charge on any atom is -0.464 e. The zero-order valence-electron chi connectivity index (χ0n) is 16.5. The first-order valence-corrected chi connectivity index (χ1v) is 9.72. The molecule has 160 valence electrons. The molecule has 1 aromatic rings. The van der Waals surface area contributed by atoms with Gasteiger partial charge in [-0.15, -0.1) is 0 Å². The van der Waals surface area contributed by atoms with Crippen molar-refractivity contribution in [1.29, 1.82) is 0 Å². The Bertz CT molecular complexity index is 885. The lowest BCUT2D eigenvalue weighted by Gasteiger charge is -2.42. The fourth-order valence-corrected chi connectivity index (χ4v) is 4.20. The van der Waals surface area contributed by atoms with Crippen LogP contribution in [0.3, 0.4) is 0 Å². The Morgan fingerprint density at radius 3 is 2.30 bits per heavy atom. The fourth-order valence-electron chi connectivity index (χ4n) is 4.20. The average Bonchev–Trinajstić information content (AvgIpc) is 2.90. The van der Waals surface area contributed by atoms with E-state index in [1.807, 2.05) is 0 Å².